The summed E-state index contributed by atoms with van der Waals surface area (Å²) in [5.74, 6) is -0.120. The van der Waals surface area contributed by atoms with Crippen molar-refractivity contribution in [3.05, 3.63) is 0 Å². The zero-order valence-corrected chi connectivity index (χ0v) is 13.6. The lowest BCUT2D eigenvalue weighted by molar-refractivity contribution is -0.129. The van der Waals surface area contributed by atoms with Crippen LogP contribution >= 0.6 is 11.8 Å². The SMILES string of the molecule is CNCCCN(CCCNC(=O)CSCC(N)=O)C(C)=O. The van der Waals surface area contributed by atoms with Gasteiger partial charge in [0.05, 0.1) is 11.5 Å². The quantitative estimate of drug-likeness (QED) is 0.407. The van der Waals surface area contributed by atoms with Gasteiger partial charge in [-0.15, -0.1) is 11.8 Å². The molecule has 0 heterocycles. The predicted octanol–water partition coefficient (Wildman–Crippen LogP) is -0.831. The highest BCUT2D eigenvalue weighted by Gasteiger charge is 2.08. The van der Waals surface area contributed by atoms with Crippen molar-refractivity contribution >= 4 is 29.5 Å². The van der Waals surface area contributed by atoms with Crippen LogP contribution in [0.5, 0.6) is 0 Å². The number of hydrogen-bond donors (Lipinski definition) is 3. The Morgan fingerprint density at radius 2 is 1.71 bits per heavy atom. The summed E-state index contributed by atoms with van der Waals surface area (Å²) in [6.45, 7) is 4.30. The summed E-state index contributed by atoms with van der Waals surface area (Å²) in [6.07, 6.45) is 1.62. The van der Waals surface area contributed by atoms with E-state index in [4.69, 9.17) is 5.73 Å². The maximum atomic E-state index is 11.4. The van der Waals surface area contributed by atoms with E-state index in [-0.39, 0.29) is 23.3 Å². The Labute approximate surface area is 130 Å². The fourth-order valence-corrected chi connectivity index (χ4v) is 2.26. The Bertz CT molecular complexity index is 339. The highest BCUT2D eigenvalue weighted by Crippen LogP contribution is 1.98. The first-order chi connectivity index (χ1) is 9.97. The van der Waals surface area contributed by atoms with Crippen LogP contribution in [0.3, 0.4) is 0 Å². The molecule has 0 bridgehead atoms. The van der Waals surface area contributed by atoms with Crippen LogP contribution in [0.2, 0.25) is 0 Å². The number of nitrogens with one attached hydrogen (secondary N) is 2. The van der Waals surface area contributed by atoms with Crippen LogP contribution in [0, 0.1) is 0 Å². The number of rotatable bonds is 12. The van der Waals surface area contributed by atoms with E-state index >= 15 is 0 Å². The Hall–Kier alpha value is -1.28. The highest BCUT2D eigenvalue weighted by atomic mass is 32.2. The van der Waals surface area contributed by atoms with Crippen molar-refractivity contribution in [2.75, 3.05) is 44.7 Å². The maximum absolute atomic E-state index is 11.4. The van der Waals surface area contributed by atoms with Gasteiger partial charge in [-0.2, -0.15) is 0 Å². The van der Waals surface area contributed by atoms with Crippen molar-refractivity contribution in [3.8, 4) is 0 Å². The fourth-order valence-electron chi connectivity index (χ4n) is 1.67. The molecule has 0 aromatic carbocycles. The maximum Gasteiger partial charge on any atom is 0.230 e. The summed E-state index contributed by atoms with van der Waals surface area (Å²) in [4.78, 5) is 35.2. The molecular formula is C13H26N4O3S. The number of thioether (sulfide) groups is 1. The Morgan fingerprint density at radius 3 is 2.24 bits per heavy atom. The molecule has 0 atom stereocenters. The molecule has 0 saturated heterocycles. The predicted molar refractivity (Wildman–Crippen MR) is 84.9 cm³/mol. The van der Waals surface area contributed by atoms with Crippen molar-refractivity contribution in [2.45, 2.75) is 19.8 Å². The Kier molecular flexibility index (Phi) is 11.7. The summed E-state index contributed by atoms with van der Waals surface area (Å²) in [5, 5.41) is 5.80. The minimum Gasteiger partial charge on any atom is -0.369 e. The molecule has 4 N–H and O–H groups in total. The van der Waals surface area contributed by atoms with E-state index in [2.05, 4.69) is 10.6 Å². The monoisotopic (exact) mass is 318 g/mol. The molecule has 0 radical (unpaired) electrons. The molecule has 0 saturated carbocycles. The molecule has 0 aromatic heterocycles. The lowest BCUT2D eigenvalue weighted by Crippen LogP contribution is -2.35. The Balaban J connectivity index is 3.71. The van der Waals surface area contributed by atoms with Gasteiger partial charge in [0.2, 0.25) is 17.7 Å². The smallest absolute Gasteiger partial charge is 0.230 e. The number of carbonyl (C=O) groups is 3. The molecule has 0 aliphatic rings. The van der Waals surface area contributed by atoms with Crippen molar-refractivity contribution in [3.63, 3.8) is 0 Å². The van der Waals surface area contributed by atoms with Gasteiger partial charge in [-0.25, -0.2) is 0 Å². The van der Waals surface area contributed by atoms with Gasteiger partial charge in [0, 0.05) is 26.6 Å². The molecule has 0 spiro atoms. The van der Waals surface area contributed by atoms with Gasteiger partial charge in [0.15, 0.2) is 0 Å². The third-order valence-electron chi connectivity index (χ3n) is 2.70. The summed E-state index contributed by atoms with van der Waals surface area (Å²) < 4.78 is 0. The van der Waals surface area contributed by atoms with Crippen molar-refractivity contribution < 1.29 is 14.4 Å². The molecule has 0 aliphatic carbocycles. The third-order valence-corrected chi connectivity index (χ3v) is 3.66. The first-order valence-electron chi connectivity index (χ1n) is 7.00. The molecule has 122 valence electrons. The highest BCUT2D eigenvalue weighted by molar-refractivity contribution is 8.00. The number of hydrogen-bond acceptors (Lipinski definition) is 5. The first-order valence-corrected chi connectivity index (χ1v) is 8.15. The van der Waals surface area contributed by atoms with E-state index < -0.39 is 5.91 Å². The molecular weight excluding hydrogens is 292 g/mol. The van der Waals surface area contributed by atoms with E-state index in [9.17, 15) is 14.4 Å². The average Bonchev–Trinajstić information content (AvgIpc) is 2.40. The molecule has 0 aromatic rings. The lowest BCUT2D eigenvalue weighted by Gasteiger charge is -2.21. The molecule has 7 nitrogen and oxygen atoms in total. The van der Waals surface area contributed by atoms with Crippen molar-refractivity contribution in [1.29, 1.82) is 0 Å². The fraction of sp³-hybridized carbons (Fsp3) is 0.769. The minimum absolute atomic E-state index is 0.0504. The molecule has 0 unspecified atom stereocenters. The summed E-state index contributed by atoms with van der Waals surface area (Å²) in [7, 11) is 1.88. The van der Waals surface area contributed by atoms with E-state index in [0.717, 1.165) is 19.5 Å². The minimum atomic E-state index is -0.425. The zero-order valence-electron chi connectivity index (χ0n) is 12.8. The van der Waals surface area contributed by atoms with Crippen LogP contribution in [-0.2, 0) is 14.4 Å². The van der Waals surface area contributed by atoms with Crippen LogP contribution in [0.15, 0.2) is 0 Å². The second kappa shape index (κ2) is 12.5. The molecule has 0 rings (SSSR count). The van der Waals surface area contributed by atoms with Gasteiger partial charge in [-0.1, -0.05) is 0 Å². The molecule has 21 heavy (non-hydrogen) atoms. The normalized spacial score (nSPS) is 10.2. The summed E-state index contributed by atoms with van der Waals surface area (Å²) in [6, 6.07) is 0. The largest absolute Gasteiger partial charge is 0.369 e. The number of amides is 3. The topological polar surface area (TPSA) is 105 Å². The van der Waals surface area contributed by atoms with E-state index in [1.54, 1.807) is 11.8 Å². The lowest BCUT2D eigenvalue weighted by atomic mass is 10.3. The van der Waals surface area contributed by atoms with Gasteiger partial charge in [-0.3, -0.25) is 14.4 Å². The number of nitrogens with two attached hydrogens (primary N) is 1. The van der Waals surface area contributed by atoms with Gasteiger partial charge in [0.1, 0.15) is 0 Å². The number of primary amides is 1. The van der Waals surface area contributed by atoms with Crippen molar-refractivity contribution in [2.24, 2.45) is 5.73 Å². The van der Waals surface area contributed by atoms with Crippen LogP contribution < -0.4 is 16.4 Å². The average molecular weight is 318 g/mol. The molecule has 8 heteroatoms. The molecule has 0 aliphatic heterocycles. The molecule has 3 amide bonds. The second-order valence-corrected chi connectivity index (χ2v) is 5.61. The van der Waals surface area contributed by atoms with Crippen molar-refractivity contribution in [1.82, 2.24) is 15.5 Å². The van der Waals surface area contributed by atoms with E-state index in [0.29, 0.717) is 19.5 Å². The van der Waals surface area contributed by atoms with E-state index in [1.807, 2.05) is 7.05 Å². The standard InChI is InChI=1S/C13H26N4O3S/c1-11(18)17(7-3-5-15-2)8-4-6-16-13(20)10-21-9-12(14)19/h15H,3-10H2,1-2H3,(H2,14,19)(H,16,20). The van der Waals surface area contributed by atoms with Gasteiger partial charge >= 0.3 is 0 Å². The first kappa shape index (κ1) is 19.7. The van der Waals surface area contributed by atoms with Crippen LogP contribution in [0.4, 0.5) is 0 Å². The van der Waals surface area contributed by atoms with Crippen LogP contribution in [0.25, 0.3) is 0 Å². The van der Waals surface area contributed by atoms with E-state index in [1.165, 1.54) is 11.8 Å². The zero-order chi connectivity index (χ0) is 16.1. The van der Waals surface area contributed by atoms with Gasteiger partial charge in [-0.05, 0) is 26.4 Å². The summed E-state index contributed by atoms with van der Waals surface area (Å²) in [5.41, 5.74) is 4.98. The number of nitrogens with zero attached hydrogens (tertiary/aromatic N) is 1. The van der Waals surface area contributed by atoms with Gasteiger partial charge in [0.25, 0.3) is 0 Å². The second-order valence-electron chi connectivity index (χ2n) is 4.63. The molecule has 0 fully saturated rings. The number of carbonyl (C=O) groups excluding carboxylic acids is 3. The van der Waals surface area contributed by atoms with Gasteiger partial charge < -0.3 is 21.3 Å². The van der Waals surface area contributed by atoms with Crippen LogP contribution in [-0.4, -0.2) is 67.4 Å². The Morgan fingerprint density at radius 1 is 1.10 bits per heavy atom. The third kappa shape index (κ3) is 12.2. The summed E-state index contributed by atoms with van der Waals surface area (Å²) >= 11 is 1.19. The van der Waals surface area contributed by atoms with Crippen LogP contribution in [0.1, 0.15) is 19.8 Å².